The summed E-state index contributed by atoms with van der Waals surface area (Å²) in [6.45, 7) is 7.62. The van der Waals surface area contributed by atoms with E-state index in [1.54, 1.807) is 30.2 Å². The van der Waals surface area contributed by atoms with E-state index in [0.717, 1.165) is 56.5 Å². The van der Waals surface area contributed by atoms with Crippen LogP contribution in [0.1, 0.15) is 46.5 Å². The fraction of sp³-hybridized carbons (Fsp3) is 0.583. The molecule has 4 unspecified atom stereocenters. The highest BCUT2D eigenvalue weighted by Crippen LogP contribution is 2.54. The number of esters is 1. The van der Waals surface area contributed by atoms with E-state index in [9.17, 15) is 9.59 Å². The number of carbonyl (C=O) groups excluding carboxylic acids is 2. The average molecular weight is 477 g/mol. The fourth-order valence-corrected chi connectivity index (χ4v) is 4.61. The van der Waals surface area contributed by atoms with Gasteiger partial charge in [-0.15, -0.1) is 0 Å². The Balaban J connectivity index is 0.000000186. The summed E-state index contributed by atoms with van der Waals surface area (Å²) in [7, 11) is 0. The molecule has 9 heteroatoms. The molecule has 0 radical (unpaired) electrons. The third-order valence-electron chi connectivity index (χ3n) is 6.21. The number of amides is 1. The molecule has 1 saturated heterocycles. The number of pyridine rings is 1. The molecule has 4 rings (SSSR count). The second-order valence-electron chi connectivity index (χ2n) is 8.52. The molecule has 0 spiro atoms. The highest BCUT2D eigenvalue weighted by molar-refractivity contribution is 6.31. The minimum atomic E-state index is -0.395. The van der Waals surface area contributed by atoms with Gasteiger partial charge in [-0.25, -0.2) is 9.78 Å². The van der Waals surface area contributed by atoms with E-state index in [2.05, 4.69) is 9.98 Å². The monoisotopic (exact) mass is 476 g/mol. The van der Waals surface area contributed by atoms with Crippen molar-refractivity contribution < 1.29 is 19.1 Å². The summed E-state index contributed by atoms with van der Waals surface area (Å²) in [5.74, 6) is 1.22. The molecule has 1 aromatic heterocycles. The first kappa shape index (κ1) is 25.0. The Morgan fingerprint density at radius 1 is 1.39 bits per heavy atom. The van der Waals surface area contributed by atoms with Crippen LogP contribution in [-0.4, -0.2) is 59.8 Å². The fourth-order valence-electron chi connectivity index (χ4n) is 4.44. The van der Waals surface area contributed by atoms with Crippen molar-refractivity contribution in [2.45, 2.75) is 58.6 Å². The van der Waals surface area contributed by atoms with Crippen molar-refractivity contribution in [1.29, 1.82) is 0 Å². The van der Waals surface area contributed by atoms with Crippen molar-refractivity contribution in [1.82, 2.24) is 9.88 Å². The molecule has 2 aliphatic carbocycles. The lowest BCUT2D eigenvalue weighted by molar-refractivity contribution is -0.138. The zero-order valence-electron chi connectivity index (χ0n) is 19.5. The number of nitrogens with two attached hydrogens (primary N) is 1. The van der Waals surface area contributed by atoms with Gasteiger partial charge < -0.3 is 20.1 Å². The van der Waals surface area contributed by atoms with Crippen molar-refractivity contribution in [3.63, 3.8) is 0 Å². The van der Waals surface area contributed by atoms with Crippen LogP contribution >= 0.6 is 11.6 Å². The summed E-state index contributed by atoms with van der Waals surface area (Å²) in [6.07, 6.45) is 6.39. The number of carbonyl (C=O) groups is 2. The number of aromatic nitrogens is 1. The number of likely N-dealkylation sites (tertiary alicyclic amines) is 1. The number of piperidine rings is 1. The molecule has 0 bridgehead atoms. The highest BCUT2D eigenvalue weighted by Gasteiger charge is 2.50. The third kappa shape index (κ3) is 6.25. The van der Waals surface area contributed by atoms with Gasteiger partial charge in [0.1, 0.15) is 16.8 Å². The van der Waals surface area contributed by atoms with Crippen LogP contribution in [0.4, 0.5) is 0 Å². The number of halogens is 1. The number of ether oxygens (including phenoxy) is 2. The van der Waals surface area contributed by atoms with Crippen molar-refractivity contribution in [2.24, 2.45) is 22.6 Å². The van der Waals surface area contributed by atoms with Gasteiger partial charge in [-0.2, -0.15) is 0 Å². The van der Waals surface area contributed by atoms with Gasteiger partial charge in [-0.05, 0) is 57.6 Å². The van der Waals surface area contributed by atoms with Gasteiger partial charge in [0.15, 0.2) is 0 Å². The van der Waals surface area contributed by atoms with Crippen LogP contribution in [0.25, 0.3) is 0 Å². The standard InChI is InChI=1S/C12H15ClN2O2.C12H18N2O2/c1-9-7-10(4-6-15(9)8-16)17-12-11(13)3-2-5-14-12;1-3-14-9-6-7-5-8(7)10(9)11(13)12(15)16-4-2/h2-3,5,8-10H,4,6-7H2,1H3;7-8H,3-6,13H2,1-2H3/b;11-10-,14-9?. The normalized spacial score (nSPS) is 28.4. The highest BCUT2D eigenvalue weighted by atomic mass is 35.5. The summed E-state index contributed by atoms with van der Waals surface area (Å²) in [5.41, 5.74) is 8.13. The van der Waals surface area contributed by atoms with Crippen LogP contribution in [0, 0.1) is 11.8 Å². The van der Waals surface area contributed by atoms with E-state index >= 15 is 0 Å². The van der Waals surface area contributed by atoms with Crippen molar-refractivity contribution in [3.05, 3.63) is 34.6 Å². The first-order valence-corrected chi connectivity index (χ1v) is 12.0. The number of rotatable bonds is 6. The molecule has 3 aliphatic rings. The Morgan fingerprint density at radius 3 is 2.82 bits per heavy atom. The first-order chi connectivity index (χ1) is 15.9. The summed E-state index contributed by atoms with van der Waals surface area (Å²) in [5, 5.41) is 0.526. The van der Waals surface area contributed by atoms with E-state index in [4.69, 9.17) is 26.8 Å². The van der Waals surface area contributed by atoms with Gasteiger partial charge in [0.25, 0.3) is 0 Å². The maximum Gasteiger partial charge on any atom is 0.354 e. The molecule has 2 N–H and O–H groups in total. The van der Waals surface area contributed by atoms with Crippen LogP contribution in [0.5, 0.6) is 5.88 Å². The summed E-state index contributed by atoms with van der Waals surface area (Å²) in [4.78, 5) is 32.6. The number of hydrogen-bond donors (Lipinski definition) is 1. The first-order valence-electron chi connectivity index (χ1n) is 11.6. The molecule has 2 saturated carbocycles. The predicted octanol–water partition coefficient (Wildman–Crippen LogP) is 3.39. The lowest BCUT2D eigenvalue weighted by Crippen LogP contribution is -2.43. The lowest BCUT2D eigenvalue weighted by Gasteiger charge is -2.34. The van der Waals surface area contributed by atoms with Crippen LogP contribution < -0.4 is 10.5 Å². The Hall–Kier alpha value is -2.61. The second-order valence-corrected chi connectivity index (χ2v) is 8.93. The molecule has 1 aliphatic heterocycles. The number of allylic oxidation sites excluding steroid dienone is 1. The molecule has 2 heterocycles. The zero-order chi connectivity index (χ0) is 24.0. The molecule has 180 valence electrons. The molecule has 1 aromatic rings. The summed E-state index contributed by atoms with van der Waals surface area (Å²) < 4.78 is 10.7. The SMILES string of the molecule is CC1CC(Oc2ncccc2Cl)CCN1C=O.CCN=C1CC2CC2/C1=C(/N)C(=O)OCC. The van der Waals surface area contributed by atoms with Gasteiger partial charge in [0, 0.05) is 49.5 Å². The smallest absolute Gasteiger partial charge is 0.354 e. The Kier molecular flexibility index (Phi) is 8.72. The molecule has 4 atom stereocenters. The van der Waals surface area contributed by atoms with Crippen LogP contribution in [0.2, 0.25) is 5.02 Å². The minimum absolute atomic E-state index is 0.0774. The van der Waals surface area contributed by atoms with Crippen molar-refractivity contribution in [3.8, 4) is 5.88 Å². The Morgan fingerprint density at radius 2 is 2.18 bits per heavy atom. The predicted molar refractivity (Wildman–Crippen MR) is 127 cm³/mol. The number of fused-ring (bicyclic) bond motifs is 1. The number of nitrogens with zero attached hydrogens (tertiary/aromatic N) is 3. The largest absolute Gasteiger partial charge is 0.473 e. The quantitative estimate of drug-likeness (QED) is 0.383. The van der Waals surface area contributed by atoms with Gasteiger partial charge in [0.2, 0.25) is 12.3 Å². The van der Waals surface area contributed by atoms with E-state index < -0.39 is 5.97 Å². The zero-order valence-corrected chi connectivity index (χ0v) is 20.3. The van der Waals surface area contributed by atoms with Crippen LogP contribution in [-0.2, 0) is 14.3 Å². The van der Waals surface area contributed by atoms with Crippen LogP contribution in [0.3, 0.4) is 0 Å². The van der Waals surface area contributed by atoms with Crippen LogP contribution in [0.15, 0.2) is 34.6 Å². The van der Waals surface area contributed by atoms with Crippen molar-refractivity contribution in [2.75, 3.05) is 19.7 Å². The topological polar surface area (TPSA) is 107 Å². The van der Waals surface area contributed by atoms with Gasteiger partial charge in [-0.1, -0.05) is 11.6 Å². The van der Waals surface area contributed by atoms with Gasteiger partial charge in [-0.3, -0.25) is 9.79 Å². The third-order valence-corrected chi connectivity index (χ3v) is 6.50. The molecule has 3 fully saturated rings. The Bertz CT molecular complexity index is 919. The molecule has 0 aromatic carbocycles. The molecular weight excluding hydrogens is 444 g/mol. The maximum absolute atomic E-state index is 11.6. The van der Waals surface area contributed by atoms with E-state index in [1.807, 2.05) is 13.8 Å². The Labute approximate surface area is 200 Å². The summed E-state index contributed by atoms with van der Waals surface area (Å²) >= 11 is 5.98. The molecular formula is C24H33ClN4O4. The number of aliphatic imine (C=N–C) groups is 1. The average Bonchev–Trinajstić information content (AvgIpc) is 3.46. The van der Waals surface area contributed by atoms with Gasteiger partial charge in [0.05, 0.1) is 6.61 Å². The summed E-state index contributed by atoms with van der Waals surface area (Å²) in [6, 6.07) is 3.73. The molecule has 1 amide bonds. The van der Waals surface area contributed by atoms with E-state index in [-0.39, 0.29) is 17.8 Å². The van der Waals surface area contributed by atoms with E-state index in [1.165, 1.54) is 0 Å². The lowest BCUT2D eigenvalue weighted by atomic mass is 10.0. The maximum atomic E-state index is 11.6. The molecule has 33 heavy (non-hydrogen) atoms. The van der Waals surface area contributed by atoms with Crippen molar-refractivity contribution >= 4 is 29.7 Å². The van der Waals surface area contributed by atoms with E-state index in [0.29, 0.717) is 29.3 Å². The molecule has 8 nitrogen and oxygen atoms in total. The number of hydrogen-bond acceptors (Lipinski definition) is 7. The second kappa shape index (κ2) is 11.5. The van der Waals surface area contributed by atoms with Gasteiger partial charge >= 0.3 is 5.97 Å². The minimum Gasteiger partial charge on any atom is -0.473 e.